The van der Waals surface area contributed by atoms with Gasteiger partial charge in [0.05, 0.1) is 12.5 Å². The number of rotatable bonds is 3. The lowest BCUT2D eigenvalue weighted by Gasteiger charge is -2.06. The molecule has 84 valence electrons. The third-order valence-corrected chi connectivity index (χ3v) is 3.04. The standard InChI is InChI=1S/C8H4F2IN3O2/c9-7(10)5-6(11)4(1-2-12)3-13-8(5)14(15)16/h3,7H,1H2. The van der Waals surface area contributed by atoms with Crippen LogP contribution in [0.2, 0.25) is 0 Å². The monoisotopic (exact) mass is 339 g/mol. The Bertz CT molecular complexity index is 473. The summed E-state index contributed by atoms with van der Waals surface area (Å²) in [6.07, 6.45) is -2.02. The van der Waals surface area contributed by atoms with Crippen molar-refractivity contribution in [3.8, 4) is 6.07 Å². The maximum absolute atomic E-state index is 12.6. The number of nitro groups is 1. The third kappa shape index (κ3) is 2.41. The van der Waals surface area contributed by atoms with Crippen molar-refractivity contribution in [1.82, 2.24) is 4.98 Å². The quantitative estimate of drug-likeness (QED) is 0.482. The van der Waals surface area contributed by atoms with Crippen molar-refractivity contribution in [3.63, 3.8) is 0 Å². The van der Waals surface area contributed by atoms with E-state index in [1.807, 2.05) is 0 Å². The Morgan fingerprint density at radius 3 is 2.75 bits per heavy atom. The van der Waals surface area contributed by atoms with Crippen LogP contribution in [0, 0.1) is 25.0 Å². The first-order chi connectivity index (χ1) is 7.49. The second-order valence-electron chi connectivity index (χ2n) is 2.73. The summed E-state index contributed by atoms with van der Waals surface area (Å²) in [5, 5.41) is 18.9. The minimum absolute atomic E-state index is 0.0239. The van der Waals surface area contributed by atoms with Gasteiger partial charge in [-0.1, -0.05) is 0 Å². The van der Waals surface area contributed by atoms with Crippen LogP contribution in [-0.2, 0) is 6.42 Å². The van der Waals surface area contributed by atoms with Crippen LogP contribution < -0.4 is 0 Å². The molecule has 1 heterocycles. The zero-order valence-corrected chi connectivity index (χ0v) is 9.81. The molecule has 0 aromatic carbocycles. The van der Waals surface area contributed by atoms with Gasteiger partial charge < -0.3 is 10.1 Å². The molecule has 0 amide bonds. The van der Waals surface area contributed by atoms with Crippen molar-refractivity contribution in [2.45, 2.75) is 12.8 Å². The van der Waals surface area contributed by atoms with Gasteiger partial charge in [-0.15, -0.1) is 0 Å². The summed E-state index contributed by atoms with van der Waals surface area (Å²) in [5.74, 6) is -0.860. The van der Waals surface area contributed by atoms with Gasteiger partial charge in [-0.3, -0.25) is 0 Å². The van der Waals surface area contributed by atoms with E-state index in [0.717, 1.165) is 6.20 Å². The molecule has 0 bridgehead atoms. The Hall–Kier alpha value is -1.37. The van der Waals surface area contributed by atoms with Crippen molar-refractivity contribution in [2.24, 2.45) is 0 Å². The van der Waals surface area contributed by atoms with Gasteiger partial charge in [-0.25, -0.2) is 8.78 Å². The topological polar surface area (TPSA) is 79.8 Å². The lowest BCUT2D eigenvalue weighted by molar-refractivity contribution is -0.391. The van der Waals surface area contributed by atoms with Crippen LogP contribution in [0.5, 0.6) is 0 Å². The van der Waals surface area contributed by atoms with E-state index in [1.54, 1.807) is 28.7 Å². The summed E-state index contributed by atoms with van der Waals surface area (Å²) in [7, 11) is 0. The van der Waals surface area contributed by atoms with Gasteiger partial charge in [0.25, 0.3) is 6.43 Å². The number of hydrogen-bond acceptors (Lipinski definition) is 4. The fourth-order valence-corrected chi connectivity index (χ4v) is 1.89. The molecule has 1 aromatic heterocycles. The lowest BCUT2D eigenvalue weighted by atomic mass is 10.1. The molecule has 0 fully saturated rings. The van der Waals surface area contributed by atoms with Crippen molar-refractivity contribution in [2.75, 3.05) is 0 Å². The van der Waals surface area contributed by atoms with Crippen molar-refractivity contribution in [1.29, 1.82) is 5.26 Å². The molecule has 0 radical (unpaired) electrons. The van der Waals surface area contributed by atoms with Crippen LogP contribution >= 0.6 is 22.6 Å². The predicted octanol–water partition coefficient (Wildman–Crippen LogP) is 2.60. The van der Waals surface area contributed by atoms with Crippen LogP contribution in [0.4, 0.5) is 14.6 Å². The molecule has 0 aliphatic carbocycles. The molecular weight excluding hydrogens is 335 g/mol. The highest BCUT2D eigenvalue weighted by molar-refractivity contribution is 14.1. The van der Waals surface area contributed by atoms with Crippen LogP contribution in [0.3, 0.4) is 0 Å². The number of nitriles is 1. The Kier molecular flexibility index (Phi) is 4.05. The molecule has 0 aliphatic heterocycles. The van der Waals surface area contributed by atoms with Gasteiger partial charge in [0.15, 0.2) is 0 Å². The number of halogens is 3. The SMILES string of the molecule is N#CCc1cnc([N+](=O)[O-])c(C(F)F)c1I. The highest BCUT2D eigenvalue weighted by Crippen LogP contribution is 2.33. The fraction of sp³-hybridized carbons (Fsp3) is 0.250. The normalized spacial score (nSPS) is 10.2. The largest absolute Gasteiger partial charge is 0.373 e. The number of hydrogen-bond donors (Lipinski definition) is 0. The first kappa shape index (κ1) is 12.7. The smallest absolute Gasteiger partial charge is 0.358 e. The van der Waals surface area contributed by atoms with Crippen molar-refractivity contribution in [3.05, 3.63) is 31.0 Å². The minimum Gasteiger partial charge on any atom is -0.358 e. The van der Waals surface area contributed by atoms with E-state index in [2.05, 4.69) is 4.98 Å². The molecular formula is C8H4F2IN3O2. The van der Waals surface area contributed by atoms with Gasteiger partial charge >= 0.3 is 5.82 Å². The van der Waals surface area contributed by atoms with Crippen LogP contribution in [0.25, 0.3) is 0 Å². The summed E-state index contributed by atoms with van der Waals surface area (Å²) in [6.45, 7) is 0. The summed E-state index contributed by atoms with van der Waals surface area (Å²) in [4.78, 5) is 12.9. The Labute approximate surface area is 102 Å². The Balaban J connectivity index is 3.43. The highest BCUT2D eigenvalue weighted by Gasteiger charge is 2.28. The van der Waals surface area contributed by atoms with E-state index < -0.39 is 22.7 Å². The second kappa shape index (κ2) is 5.11. The number of nitrogens with zero attached hydrogens (tertiary/aromatic N) is 3. The zero-order valence-electron chi connectivity index (χ0n) is 7.65. The van der Waals surface area contributed by atoms with E-state index in [1.165, 1.54) is 0 Å². The molecule has 8 heteroatoms. The minimum atomic E-state index is -2.99. The van der Waals surface area contributed by atoms with Crippen LogP contribution in [0.15, 0.2) is 6.20 Å². The molecule has 0 spiro atoms. The lowest BCUT2D eigenvalue weighted by Crippen LogP contribution is -2.04. The molecule has 0 saturated heterocycles. The molecule has 0 N–H and O–H groups in total. The maximum Gasteiger partial charge on any atom is 0.373 e. The predicted molar refractivity (Wildman–Crippen MR) is 57.9 cm³/mol. The summed E-state index contributed by atoms with van der Waals surface area (Å²) in [5.41, 5.74) is -0.456. The Morgan fingerprint density at radius 2 is 2.31 bits per heavy atom. The fourth-order valence-electron chi connectivity index (χ4n) is 1.08. The molecule has 1 aromatic rings. The average molecular weight is 339 g/mol. The number of pyridine rings is 1. The van der Waals surface area contributed by atoms with Crippen LogP contribution in [0.1, 0.15) is 17.6 Å². The Morgan fingerprint density at radius 1 is 1.69 bits per heavy atom. The van der Waals surface area contributed by atoms with Crippen molar-refractivity contribution >= 4 is 28.4 Å². The second-order valence-corrected chi connectivity index (χ2v) is 3.81. The zero-order chi connectivity index (χ0) is 12.3. The average Bonchev–Trinajstić information content (AvgIpc) is 2.20. The molecule has 0 unspecified atom stereocenters. The summed E-state index contributed by atoms with van der Waals surface area (Å²) >= 11 is 1.56. The first-order valence-electron chi connectivity index (χ1n) is 3.95. The van der Waals surface area contributed by atoms with Gasteiger partial charge in [0.2, 0.25) is 0 Å². The van der Waals surface area contributed by atoms with Gasteiger partial charge in [0.1, 0.15) is 11.8 Å². The third-order valence-electron chi connectivity index (χ3n) is 1.76. The first-order valence-corrected chi connectivity index (χ1v) is 5.03. The molecule has 1 rings (SSSR count). The van der Waals surface area contributed by atoms with Gasteiger partial charge in [-0.2, -0.15) is 5.26 Å². The van der Waals surface area contributed by atoms with E-state index in [-0.39, 0.29) is 15.6 Å². The maximum atomic E-state index is 12.6. The van der Waals surface area contributed by atoms with Gasteiger partial charge in [-0.05, 0) is 32.5 Å². The van der Waals surface area contributed by atoms with Crippen molar-refractivity contribution < 1.29 is 13.7 Å². The van der Waals surface area contributed by atoms with E-state index in [9.17, 15) is 18.9 Å². The molecule has 16 heavy (non-hydrogen) atoms. The summed E-state index contributed by atoms with van der Waals surface area (Å²) in [6, 6.07) is 1.78. The van der Waals surface area contributed by atoms with E-state index in [0.29, 0.717) is 0 Å². The summed E-state index contributed by atoms with van der Waals surface area (Å²) < 4.78 is 25.3. The molecule has 0 aliphatic rings. The molecule has 5 nitrogen and oxygen atoms in total. The van der Waals surface area contributed by atoms with Gasteiger partial charge in [0, 0.05) is 9.13 Å². The van der Waals surface area contributed by atoms with E-state index in [4.69, 9.17) is 5.26 Å². The highest BCUT2D eigenvalue weighted by atomic mass is 127. The molecule has 0 atom stereocenters. The van der Waals surface area contributed by atoms with Crippen LogP contribution in [-0.4, -0.2) is 9.91 Å². The van der Waals surface area contributed by atoms with E-state index >= 15 is 0 Å². The molecule has 0 saturated carbocycles. The number of aromatic nitrogens is 1. The number of alkyl halides is 2.